The van der Waals surface area contributed by atoms with Crippen molar-refractivity contribution in [1.29, 1.82) is 5.26 Å². The average molecular weight is 509 g/mol. The lowest BCUT2D eigenvalue weighted by Gasteiger charge is -2.20. The maximum Gasteiger partial charge on any atom is 0.404 e. The Morgan fingerprint density at radius 3 is 2.43 bits per heavy atom. The van der Waals surface area contributed by atoms with Crippen molar-refractivity contribution in [2.75, 3.05) is 0 Å². The lowest BCUT2D eigenvalue weighted by Crippen LogP contribution is -2.43. The number of hydrogen-bond acceptors (Lipinski definition) is 4. The second kappa shape index (κ2) is 8.91. The Morgan fingerprint density at radius 1 is 1.20 bits per heavy atom. The van der Waals surface area contributed by atoms with E-state index in [9.17, 15) is 31.2 Å². The molecule has 1 N–H and O–H groups in total. The van der Waals surface area contributed by atoms with Gasteiger partial charge >= 0.3 is 6.18 Å². The van der Waals surface area contributed by atoms with Gasteiger partial charge in [0.1, 0.15) is 22.8 Å². The van der Waals surface area contributed by atoms with Gasteiger partial charge < -0.3 is 4.57 Å². The maximum absolute atomic E-state index is 14.4. The minimum Gasteiger partial charge on any atom is -0.335 e. The second-order valence-corrected chi connectivity index (χ2v) is 10.6. The number of hydrogen-bond donors (Lipinski definition) is 1. The van der Waals surface area contributed by atoms with Crippen molar-refractivity contribution in [2.45, 2.75) is 69.6 Å². The van der Waals surface area contributed by atoms with Crippen molar-refractivity contribution in [3.05, 3.63) is 46.9 Å². The Morgan fingerprint density at radius 2 is 1.86 bits per heavy atom. The molecule has 3 aromatic rings. The van der Waals surface area contributed by atoms with Crippen LogP contribution in [-0.4, -0.2) is 30.2 Å². The van der Waals surface area contributed by atoms with E-state index in [1.54, 1.807) is 17.7 Å². The summed E-state index contributed by atoms with van der Waals surface area (Å²) in [6.07, 6.45) is -1.02. The number of sulfonamides is 1. The van der Waals surface area contributed by atoms with Crippen LogP contribution in [0.2, 0.25) is 0 Å². The molecule has 0 spiro atoms. The van der Waals surface area contributed by atoms with Crippen LogP contribution in [-0.2, 0) is 10.0 Å². The second-order valence-electron chi connectivity index (χ2n) is 8.93. The predicted molar refractivity (Wildman–Crippen MR) is 123 cm³/mol. The highest BCUT2D eigenvalue weighted by Gasteiger charge is 2.39. The van der Waals surface area contributed by atoms with E-state index in [-0.39, 0.29) is 22.2 Å². The summed E-state index contributed by atoms with van der Waals surface area (Å²) in [5.74, 6) is -0.445. The number of nitrogens with one attached hydrogen (secondary N) is 1. The molecule has 1 aliphatic rings. The lowest BCUT2D eigenvalue weighted by molar-refractivity contribution is -0.147. The summed E-state index contributed by atoms with van der Waals surface area (Å²) in [6, 6.07) is 5.52. The summed E-state index contributed by atoms with van der Waals surface area (Å²) >= 11 is 0. The third-order valence-electron chi connectivity index (χ3n) is 6.48. The molecule has 0 radical (unpaired) electrons. The van der Waals surface area contributed by atoms with Gasteiger partial charge in [0.15, 0.2) is 0 Å². The average Bonchev–Trinajstić information content (AvgIpc) is 3.38. The lowest BCUT2D eigenvalue weighted by atomic mass is 10.1. The van der Waals surface area contributed by atoms with E-state index in [4.69, 9.17) is 0 Å². The first-order valence-electron chi connectivity index (χ1n) is 11.2. The highest BCUT2D eigenvalue weighted by atomic mass is 32.2. The van der Waals surface area contributed by atoms with E-state index in [2.05, 4.69) is 11.1 Å². The zero-order valence-electron chi connectivity index (χ0n) is 19.4. The molecule has 1 saturated carbocycles. The Balaban J connectivity index is 1.89. The van der Waals surface area contributed by atoms with Gasteiger partial charge in [0.25, 0.3) is 0 Å². The third-order valence-corrected chi connectivity index (χ3v) is 8.15. The molecular formula is C24H24F4N4O2S. The number of nitrogens with zero attached hydrogens (tertiary/aromatic N) is 3. The first kappa shape index (κ1) is 25.1. The minimum absolute atomic E-state index is 0.0150. The molecule has 1 fully saturated rings. The molecule has 4 rings (SSSR count). The number of aromatic nitrogens is 2. The Labute approximate surface area is 200 Å². The number of pyridine rings is 1. The van der Waals surface area contributed by atoms with Gasteiger partial charge in [-0.05, 0) is 63.4 Å². The topological polar surface area (TPSA) is 87.8 Å². The zero-order valence-corrected chi connectivity index (χ0v) is 20.2. The van der Waals surface area contributed by atoms with E-state index in [1.165, 1.54) is 25.1 Å². The van der Waals surface area contributed by atoms with Gasteiger partial charge in [-0.3, -0.25) is 4.98 Å². The van der Waals surface area contributed by atoms with Gasteiger partial charge in [-0.1, -0.05) is 12.8 Å². The van der Waals surface area contributed by atoms with E-state index < -0.39 is 28.1 Å². The van der Waals surface area contributed by atoms with Crippen molar-refractivity contribution in [3.63, 3.8) is 0 Å². The van der Waals surface area contributed by atoms with Crippen molar-refractivity contribution < 1.29 is 26.0 Å². The molecule has 1 aromatic carbocycles. The number of rotatable bonds is 5. The Hall–Kier alpha value is -2.97. The molecule has 2 heterocycles. The van der Waals surface area contributed by atoms with Gasteiger partial charge in [0, 0.05) is 11.4 Å². The van der Waals surface area contributed by atoms with Gasteiger partial charge in [0.05, 0.1) is 28.2 Å². The van der Waals surface area contributed by atoms with E-state index in [0.29, 0.717) is 27.9 Å². The molecule has 0 bridgehead atoms. The zero-order chi connectivity index (χ0) is 25.7. The summed E-state index contributed by atoms with van der Waals surface area (Å²) in [5.41, 5.74) is 2.07. The van der Waals surface area contributed by atoms with Gasteiger partial charge in [-0.25, -0.2) is 12.8 Å². The van der Waals surface area contributed by atoms with Crippen LogP contribution in [0.3, 0.4) is 0 Å². The first-order valence-corrected chi connectivity index (χ1v) is 12.6. The maximum atomic E-state index is 14.4. The summed E-state index contributed by atoms with van der Waals surface area (Å²) in [4.78, 5) is 4.01. The van der Waals surface area contributed by atoms with E-state index in [0.717, 1.165) is 32.6 Å². The number of alkyl halides is 3. The fraction of sp³-hybridized carbons (Fsp3) is 0.417. The molecule has 186 valence electrons. The SMILES string of the molecule is Cc1cc2c(cc1F)c(C#N)c(-c1ccc(S(=O)(=O)NC(C)C(F)(F)F)c(C)n1)n2C1CCCC1. The summed E-state index contributed by atoms with van der Waals surface area (Å²) in [6.45, 7) is 3.74. The van der Waals surface area contributed by atoms with Crippen LogP contribution in [0.4, 0.5) is 17.6 Å². The van der Waals surface area contributed by atoms with Crippen LogP contribution < -0.4 is 4.72 Å². The van der Waals surface area contributed by atoms with Crippen LogP contribution >= 0.6 is 0 Å². The Bertz CT molecular complexity index is 1450. The molecule has 0 aliphatic heterocycles. The summed E-state index contributed by atoms with van der Waals surface area (Å²) in [5, 5.41) is 10.4. The highest BCUT2D eigenvalue weighted by molar-refractivity contribution is 7.89. The number of aryl methyl sites for hydroxylation is 2. The summed E-state index contributed by atoms with van der Waals surface area (Å²) < 4.78 is 82.0. The number of halogens is 4. The molecular weight excluding hydrogens is 484 g/mol. The molecule has 1 aliphatic carbocycles. The molecule has 0 saturated heterocycles. The minimum atomic E-state index is -4.74. The number of fused-ring (bicyclic) bond motifs is 1. The standard InChI is InChI=1S/C24H24F4N4O2S/c1-13-10-21-17(11-19(13)25)18(12-29)23(32(21)16-6-4-5-7-16)20-8-9-22(14(2)30-20)35(33,34)31-15(3)24(26,27)28/h8-11,15-16,31H,4-7H2,1-3H3. The van der Waals surface area contributed by atoms with Crippen LogP contribution in [0, 0.1) is 31.0 Å². The van der Waals surface area contributed by atoms with Crippen LogP contribution in [0.25, 0.3) is 22.3 Å². The monoisotopic (exact) mass is 508 g/mol. The molecule has 6 nitrogen and oxygen atoms in total. The number of nitriles is 1. The van der Waals surface area contributed by atoms with Crippen molar-refractivity contribution >= 4 is 20.9 Å². The van der Waals surface area contributed by atoms with Crippen molar-refractivity contribution in [2.24, 2.45) is 0 Å². The molecule has 11 heteroatoms. The molecule has 35 heavy (non-hydrogen) atoms. The van der Waals surface area contributed by atoms with Gasteiger partial charge in [-0.15, -0.1) is 0 Å². The third kappa shape index (κ3) is 4.52. The summed E-state index contributed by atoms with van der Waals surface area (Å²) in [7, 11) is -4.50. The fourth-order valence-corrected chi connectivity index (χ4v) is 6.08. The highest BCUT2D eigenvalue weighted by Crippen LogP contribution is 2.41. The molecule has 0 amide bonds. The normalized spacial score (nSPS) is 16.1. The van der Waals surface area contributed by atoms with Gasteiger partial charge in [0.2, 0.25) is 10.0 Å². The van der Waals surface area contributed by atoms with Crippen LogP contribution in [0.1, 0.15) is 55.5 Å². The van der Waals surface area contributed by atoms with E-state index in [1.807, 2.05) is 4.57 Å². The molecule has 1 atom stereocenters. The van der Waals surface area contributed by atoms with Crippen molar-refractivity contribution in [1.82, 2.24) is 14.3 Å². The van der Waals surface area contributed by atoms with Gasteiger partial charge in [-0.2, -0.15) is 23.2 Å². The van der Waals surface area contributed by atoms with Crippen LogP contribution in [0.15, 0.2) is 29.2 Å². The van der Waals surface area contributed by atoms with Crippen molar-refractivity contribution in [3.8, 4) is 17.5 Å². The molecule has 1 unspecified atom stereocenters. The molecule has 2 aromatic heterocycles. The number of benzene rings is 1. The first-order chi connectivity index (χ1) is 16.3. The van der Waals surface area contributed by atoms with Crippen LogP contribution in [0.5, 0.6) is 0 Å². The predicted octanol–water partition coefficient (Wildman–Crippen LogP) is 5.68. The van der Waals surface area contributed by atoms with E-state index >= 15 is 0 Å². The quantitative estimate of drug-likeness (QED) is 0.450. The largest absolute Gasteiger partial charge is 0.404 e. The fourth-order valence-electron chi connectivity index (χ4n) is 4.67. The smallest absolute Gasteiger partial charge is 0.335 e. The Kier molecular flexibility index (Phi) is 6.40.